The molecule has 9 heavy (non-hydrogen) atoms. The van der Waals surface area contributed by atoms with Gasteiger partial charge in [0.25, 0.3) is 0 Å². The van der Waals surface area contributed by atoms with E-state index < -0.39 is 0 Å². The highest BCUT2D eigenvalue weighted by atomic mass is 79.9. The van der Waals surface area contributed by atoms with Gasteiger partial charge in [0.2, 0.25) is 0 Å². The fourth-order valence-electron chi connectivity index (χ4n) is 1.22. The molecular weight excluding hydrogens is 244 g/mol. The molecule has 1 rings (SSSR count). The zero-order valence-electron chi connectivity index (χ0n) is 5.45. The molecule has 0 N–H and O–H groups in total. The molecule has 0 aromatic heterocycles. The van der Waals surface area contributed by atoms with Crippen molar-refractivity contribution in [1.29, 1.82) is 0 Å². The molecule has 2 atom stereocenters. The Bertz CT molecular complexity index is 73.0. The number of halogens is 2. The van der Waals surface area contributed by atoms with Gasteiger partial charge >= 0.3 is 0 Å². The third-order valence-electron chi connectivity index (χ3n) is 1.85. The SMILES string of the molecule is Br[C@@H]1CCCCC[C@H]1Br. The van der Waals surface area contributed by atoms with Gasteiger partial charge in [0, 0.05) is 9.65 Å². The third-order valence-corrected chi connectivity index (χ3v) is 4.75. The van der Waals surface area contributed by atoms with Gasteiger partial charge in [0.15, 0.2) is 0 Å². The zero-order chi connectivity index (χ0) is 6.69. The van der Waals surface area contributed by atoms with E-state index in [4.69, 9.17) is 0 Å². The van der Waals surface area contributed by atoms with E-state index in [0.717, 1.165) is 9.65 Å². The highest BCUT2D eigenvalue weighted by Crippen LogP contribution is 2.28. The predicted octanol–water partition coefficient (Wildman–Crippen LogP) is 3.48. The van der Waals surface area contributed by atoms with Gasteiger partial charge in [-0.25, -0.2) is 0 Å². The van der Waals surface area contributed by atoms with Crippen LogP contribution in [0.25, 0.3) is 0 Å². The summed E-state index contributed by atoms with van der Waals surface area (Å²) in [6.45, 7) is 0. The maximum absolute atomic E-state index is 3.66. The van der Waals surface area contributed by atoms with Gasteiger partial charge < -0.3 is 0 Å². The van der Waals surface area contributed by atoms with E-state index in [1.165, 1.54) is 32.1 Å². The zero-order valence-corrected chi connectivity index (χ0v) is 8.62. The highest BCUT2D eigenvalue weighted by Gasteiger charge is 2.17. The minimum atomic E-state index is 0.722. The van der Waals surface area contributed by atoms with Crippen LogP contribution in [-0.4, -0.2) is 9.65 Å². The lowest BCUT2D eigenvalue weighted by Gasteiger charge is -2.10. The van der Waals surface area contributed by atoms with Crippen molar-refractivity contribution in [1.82, 2.24) is 0 Å². The Morgan fingerprint density at radius 2 is 1.22 bits per heavy atom. The molecule has 1 fully saturated rings. The average molecular weight is 256 g/mol. The van der Waals surface area contributed by atoms with Crippen LogP contribution in [0.2, 0.25) is 0 Å². The molecule has 0 saturated heterocycles. The maximum Gasteiger partial charge on any atom is 0.0271 e. The molecule has 0 heterocycles. The summed E-state index contributed by atoms with van der Waals surface area (Å²) in [6.07, 6.45) is 6.91. The first kappa shape index (κ1) is 8.06. The molecule has 0 bridgehead atoms. The monoisotopic (exact) mass is 254 g/mol. The Kier molecular flexibility index (Phi) is 3.55. The molecule has 0 nitrogen and oxygen atoms in total. The third kappa shape index (κ3) is 2.58. The van der Waals surface area contributed by atoms with Crippen LogP contribution < -0.4 is 0 Å². The molecule has 0 spiro atoms. The predicted molar refractivity (Wildman–Crippen MR) is 48.5 cm³/mol. The smallest absolute Gasteiger partial charge is 0.0271 e. The topological polar surface area (TPSA) is 0 Å². The minimum absolute atomic E-state index is 0.722. The lowest BCUT2D eigenvalue weighted by atomic mass is 10.2. The van der Waals surface area contributed by atoms with E-state index in [-0.39, 0.29) is 0 Å². The van der Waals surface area contributed by atoms with Crippen LogP contribution in [0.5, 0.6) is 0 Å². The summed E-state index contributed by atoms with van der Waals surface area (Å²) in [5, 5.41) is 0. The number of hydrogen-bond acceptors (Lipinski definition) is 0. The summed E-state index contributed by atoms with van der Waals surface area (Å²) in [6, 6.07) is 0. The summed E-state index contributed by atoms with van der Waals surface area (Å²) in [4.78, 5) is 1.44. The molecule has 1 aliphatic rings. The molecule has 0 amide bonds. The van der Waals surface area contributed by atoms with Gasteiger partial charge in [0.1, 0.15) is 0 Å². The van der Waals surface area contributed by atoms with Crippen LogP contribution in [0.1, 0.15) is 32.1 Å². The van der Waals surface area contributed by atoms with Crippen LogP contribution >= 0.6 is 31.9 Å². The molecule has 54 valence electrons. The van der Waals surface area contributed by atoms with Crippen LogP contribution in [0.3, 0.4) is 0 Å². The Balaban J connectivity index is 2.32. The van der Waals surface area contributed by atoms with Crippen LogP contribution in [0.15, 0.2) is 0 Å². The number of hydrogen-bond donors (Lipinski definition) is 0. The molecule has 2 heteroatoms. The van der Waals surface area contributed by atoms with Gasteiger partial charge in [-0.3, -0.25) is 0 Å². The van der Waals surface area contributed by atoms with E-state index in [9.17, 15) is 0 Å². The van der Waals surface area contributed by atoms with E-state index in [2.05, 4.69) is 31.9 Å². The summed E-state index contributed by atoms with van der Waals surface area (Å²) in [5.41, 5.74) is 0. The first-order valence-corrected chi connectivity index (χ1v) is 5.42. The van der Waals surface area contributed by atoms with Gasteiger partial charge in [-0.05, 0) is 12.8 Å². The normalized spacial score (nSPS) is 38.0. The van der Waals surface area contributed by atoms with E-state index in [0.29, 0.717) is 0 Å². The van der Waals surface area contributed by atoms with Gasteiger partial charge in [-0.1, -0.05) is 51.1 Å². The van der Waals surface area contributed by atoms with Crippen molar-refractivity contribution in [3.8, 4) is 0 Å². The standard InChI is InChI=1S/C7H12Br2/c8-6-4-2-1-3-5-7(6)9/h6-7H,1-5H2/t6-,7-/m1/s1. The average Bonchev–Trinajstić information content (AvgIpc) is 1.99. The van der Waals surface area contributed by atoms with Gasteiger partial charge in [-0.15, -0.1) is 0 Å². The molecule has 0 aromatic rings. The Morgan fingerprint density at radius 1 is 0.778 bits per heavy atom. The van der Waals surface area contributed by atoms with Crippen molar-refractivity contribution in [3.63, 3.8) is 0 Å². The maximum atomic E-state index is 3.66. The molecule has 1 aliphatic carbocycles. The van der Waals surface area contributed by atoms with E-state index >= 15 is 0 Å². The lowest BCUT2D eigenvalue weighted by molar-refractivity contribution is 0.705. The highest BCUT2D eigenvalue weighted by molar-refractivity contribution is 9.12. The van der Waals surface area contributed by atoms with E-state index in [1.54, 1.807) is 0 Å². The summed E-state index contributed by atoms with van der Waals surface area (Å²) < 4.78 is 0. The van der Waals surface area contributed by atoms with Crippen LogP contribution in [0, 0.1) is 0 Å². The lowest BCUT2D eigenvalue weighted by Crippen LogP contribution is -2.10. The van der Waals surface area contributed by atoms with Gasteiger partial charge in [0.05, 0.1) is 0 Å². The van der Waals surface area contributed by atoms with Crippen LogP contribution in [0.4, 0.5) is 0 Å². The Labute approximate surface area is 73.7 Å². The quantitative estimate of drug-likeness (QED) is 0.459. The van der Waals surface area contributed by atoms with Crippen LogP contribution in [-0.2, 0) is 0 Å². The van der Waals surface area contributed by atoms with Crippen molar-refractivity contribution in [2.75, 3.05) is 0 Å². The first-order chi connectivity index (χ1) is 4.30. The molecular formula is C7H12Br2. The summed E-state index contributed by atoms with van der Waals surface area (Å²) >= 11 is 7.31. The fourth-order valence-corrected chi connectivity index (χ4v) is 2.39. The second kappa shape index (κ2) is 3.97. The fraction of sp³-hybridized carbons (Fsp3) is 1.00. The number of rotatable bonds is 0. The van der Waals surface area contributed by atoms with Crippen molar-refractivity contribution in [2.45, 2.75) is 41.8 Å². The first-order valence-electron chi connectivity index (χ1n) is 3.59. The molecule has 0 aliphatic heterocycles. The molecule has 0 unspecified atom stereocenters. The Morgan fingerprint density at radius 3 is 1.67 bits per heavy atom. The van der Waals surface area contributed by atoms with Crippen molar-refractivity contribution < 1.29 is 0 Å². The Hall–Kier alpha value is 0.960. The van der Waals surface area contributed by atoms with Gasteiger partial charge in [-0.2, -0.15) is 0 Å². The summed E-state index contributed by atoms with van der Waals surface area (Å²) in [5.74, 6) is 0. The van der Waals surface area contributed by atoms with Crippen molar-refractivity contribution in [3.05, 3.63) is 0 Å². The number of alkyl halides is 2. The van der Waals surface area contributed by atoms with Crippen molar-refractivity contribution in [2.24, 2.45) is 0 Å². The van der Waals surface area contributed by atoms with Crippen molar-refractivity contribution >= 4 is 31.9 Å². The largest absolute Gasteiger partial charge is 0.0879 e. The second-order valence-electron chi connectivity index (χ2n) is 2.67. The second-order valence-corrected chi connectivity index (χ2v) is 5.02. The van der Waals surface area contributed by atoms with E-state index in [1.807, 2.05) is 0 Å². The molecule has 1 saturated carbocycles. The molecule has 0 aromatic carbocycles. The minimum Gasteiger partial charge on any atom is -0.0879 e. The molecule has 0 radical (unpaired) electrons. The summed E-state index contributed by atoms with van der Waals surface area (Å²) in [7, 11) is 0.